The number of hydrogen-bond donors (Lipinski definition) is 1. The highest BCUT2D eigenvalue weighted by Crippen LogP contribution is 2.22. The van der Waals surface area contributed by atoms with Gasteiger partial charge in [0.05, 0.1) is 11.8 Å². The zero-order chi connectivity index (χ0) is 13.7. The van der Waals surface area contributed by atoms with Crippen LogP contribution in [0, 0.1) is 11.3 Å². The predicted molar refractivity (Wildman–Crippen MR) is 75.6 cm³/mol. The van der Waals surface area contributed by atoms with Gasteiger partial charge in [-0.1, -0.05) is 32.6 Å². The van der Waals surface area contributed by atoms with Crippen molar-refractivity contribution in [3.63, 3.8) is 0 Å². The molecule has 0 aromatic carbocycles. The largest absolute Gasteiger partial charge is 0.295 e. The van der Waals surface area contributed by atoms with Crippen LogP contribution in [0.2, 0.25) is 0 Å². The van der Waals surface area contributed by atoms with Crippen molar-refractivity contribution in [2.45, 2.75) is 64.0 Å². The summed E-state index contributed by atoms with van der Waals surface area (Å²) in [7, 11) is 1.92. The van der Waals surface area contributed by atoms with Crippen LogP contribution in [-0.4, -0.2) is 15.8 Å². The first kappa shape index (κ1) is 14.1. The van der Waals surface area contributed by atoms with E-state index in [1.165, 1.54) is 38.5 Å². The molecule has 19 heavy (non-hydrogen) atoms. The Morgan fingerprint density at radius 3 is 2.68 bits per heavy atom. The van der Waals surface area contributed by atoms with Gasteiger partial charge in [-0.05, 0) is 19.3 Å². The summed E-state index contributed by atoms with van der Waals surface area (Å²) >= 11 is 0. The quantitative estimate of drug-likeness (QED) is 0.847. The monoisotopic (exact) mass is 260 g/mol. The summed E-state index contributed by atoms with van der Waals surface area (Å²) in [5, 5.41) is 17.4. The highest BCUT2D eigenvalue weighted by atomic mass is 15.3. The Balaban J connectivity index is 2.08. The molecule has 0 radical (unpaired) electrons. The average molecular weight is 260 g/mol. The Kier molecular flexibility index (Phi) is 4.98. The first-order valence-electron chi connectivity index (χ1n) is 7.42. The van der Waals surface area contributed by atoms with Gasteiger partial charge in [0.1, 0.15) is 6.04 Å². The molecule has 1 aromatic rings. The molecule has 1 aliphatic rings. The second kappa shape index (κ2) is 6.72. The highest BCUT2D eigenvalue weighted by Gasteiger charge is 2.21. The Bertz CT molecular complexity index is 435. The molecule has 1 aliphatic carbocycles. The Morgan fingerprint density at radius 2 is 2.11 bits per heavy atom. The van der Waals surface area contributed by atoms with Crippen molar-refractivity contribution >= 4 is 0 Å². The van der Waals surface area contributed by atoms with Crippen molar-refractivity contribution < 1.29 is 0 Å². The van der Waals surface area contributed by atoms with E-state index < -0.39 is 0 Å². The van der Waals surface area contributed by atoms with E-state index in [9.17, 15) is 5.26 Å². The molecule has 0 aliphatic heterocycles. The summed E-state index contributed by atoms with van der Waals surface area (Å²) < 4.78 is 1.81. The summed E-state index contributed by atoms with van der Waals surface area (Å²) in [6.45, 7) is 2.09. The van der Waals surface area contributed by atoms with Crippen LogP contribution in [0.1, 0.15) is 62.7 Å². The first-order chi connectivity index (χ1) is 9.24. The van der Waals surface area contributed by atoms with E-state index in [1.54, 1.807) is 0 Å². The molecule has 1 N–H and O–H groups in total. The van der Waals surface area contributed by atoms with E-state index in [0.717, 1.165) is 17.7 Å². The van der Waals surface area contributed by atoms with Crippen molar-refractivity contribution in [2.75, 3.05) is 0 Å². The van der Waals surface area contributed by atoms with Crippen LogP contribution in [0.3, 0.4) is 0 Å². The lowest BCUT2D eigenvalue weighted by Gasteiger charge is -2.20. The maximum atomic E-state index is 9.46. The molecule has 104 valence electrons. The summed E-state index contributed by atoms with van der Waals surface area (Å²) in [5.41, 5.74) is 2.09. The van der Waals surface area contributed by atoms with Crippen molar-refractivity contribution in [1.29, 1.82) is 5.26 Å². The lowest BCUT2D eigenvalue weighted by molar-refractivity contribution is 0.435. The topological polar surface area (TPSA) is 53.6 Å². The lowest BCUT2D eigenvalue weighted by atomic mass is 10.0. The van der Waals surface area contributed by atoms with Gasteiger partial charge in [-0.2, -0.15) is 10.4 Å². The summed E-state index contributed by atoms with van der Waals surface area (Å²) in [4.78, 5) is 0. The normalized spacial score (nSPS) is 18.8. The fourth-order valence-corrected chi connectivity index (χ4v) is 2.95. The fraction of sp³-hybridized carbons (Fsp3) is 0.733. The van der Waals surface area contributed by atoms with Gasteiger partial charge in [-0.15, -0.1) is 0 Å². The van der Waals surface area contributed by atoms with Crippen LogP contribution < -0.4 is 5.32 Å². The van der Waals surface area contributed by atoms with Gasteiger partial charge in [0.25, 0.3) is 0 Å². The van der Waals surface area contributed by atoms with Crippen molar-refractivity contribution in [1.82, 2.24) is 15.1 Å². The molecule has 1 unspecified atom stereocenters. The first-order valence-corrected chi connectivity index (χ1v) is 7.42. The molecule has 2 rings (SSSR count). The Hall–Kier alpha value is -1.34. The molecular formula is C15H24N4. The standard InChI is InChI=1S/C15H24N4/c1-3-14-13(11-19(2)18-14)15(10-16)17-12-8-6-4-5-7-9-12/h11-12,15,17H,3-9H2,1-2H3. The molecule has 1 saturated carbocycles. The minimum Gasteiger partial charge on any atom is -0.295 e. The Morgan fingerprint density at radius 1 is 1.42 bits per heavy atom. The van der Waals surface area contributed by atoms with Gasteiger partial charge in [0.15, 0.2) is 0 Å². The smallest absolute Gasteiger partial charge is 0.124 e. The zero-order valence-corrected chi connectivity index (χ0v) is 12.0. The Labute approximate surface area is 115 Å². The van der Waals surface area contributed by atoms with Crippen LogP contribution in [0.5, 0.6) is 0 Å². The van der Waals surface area contributed by atoms with E-state index in [0.29, 0.717) is 6.04 Å². The molecule has 0 spiro atoms. The van der Waals surface area contributed by atoms with Crippen molar-refractivity contribution in [2.24, 2.45) is 7.05 Å². The minimum absolute atomic E-state index is 0.216. The lowest BCUT2D eigenvalue weighted by Crippen LogP contribution is -2.32. The van der Waals surface area contributed by atoms with Gasteiger partial charge >= 0.3 is 0 Å². The summed E-state index contributed by atoms with van der Waals surface area (Å²) in [6.07, 6.45) is 10.5. The molecule has 0 amide bonds. The number of nitrogens with one attached hydrogen (secondary N) is 1. The summed E-state index contributed by atoms with van der Waals surface area (Å²) in [6, 6.07) is 2.68. The molecular weight excluding hydrogens is 236 g/mol. The number of hydrogen-bond acceptors (Lipinski definition) is 3. The average Bonchev–Trinajstić information content (AvgIpc) is 2.63. The fourth-order valence-electron chi connectivity index (χ4n) is 2.95. The van der Waals surface area contributed by atoms with Crippen LogP contribution in [0.25, 0.3) is 0 Å². The SMILES string of the molecule is CCc1nn(C)cc1C(C#N)NC1CCCCCC1. The van der Waals surface area contributed by atoms with E-state index in [-0.39, 0.29) is 6.04 Å². The molecule has 0 bridgehead atoms. The second-order valence-electron chi connectivity index (χ2n) is 5.48. The number of rotatable bonds is 4. The summed E-state index contributed by atoms with van der Waals surface area (Å²) in [5.74, 6) is 0. The van der Waals surface area contributed by atoms with Gasteiger partial charge in [-0.3, -0.25) is 10.00 Å². The number of nitrogens with zero attached hydrogens (tertiary/aromatic N) is 3. The maximum absolute atomic E-state index is 9.46. The van der Waals surface area contributed by atoms with Gasteiger partial charge in [0.2, 0.25) is 0 Å². The van der Waals surface area contributed by atoms with Crippen LogP contribution in [0.15, 0.2) is 6.20 Å². The molecule has 4 heteroatoms. The molecule has 0 saturated heterocycles. The second-order valence-corrected chi connectivity index (χ2v) is 5.48. The van der Waals surface area contributed by atoms with E-state index in [1.807, 2.05) is 17.9 Å². The van der Waals surface area contributed by atoms with Crippen LogP contribution in [0.4, 0.5) is 0 Å². The third-order valence-corrected chi connectivity index (χ3v) is 3.97. The number of aryl methyl sites for hydroxylation is 2. The zero-order valence-electron chi connectivity index (χ0n) is 12.0. The van der Waals surface area contributed by atoms with E-state index in [4.69, 9.17) is 0 Å². The van der Waals surface area contributed by atoms with Crippen molar-refractivity contribution in [3.05, 3.63) is 17.5 Å². The van der Waals surface area contributed by atoms with E-state index in [2.05, 4.69) is 23.4 Å². The third kappa shape index (κ3) is 3.57. The predicted octanol–water partition coefficient (Wildman–Crippen LogP) is 2.86. The highest BCUT2D eigenvalue weighted by molar-refractivity contribution is 5.26. The number of aromatic nitrogens is 2. The molecule has 1 atom stereocenters. The van der Waals surface area contributed by atoms with Crippen LogP contribution in [-0.2, 0) is 13.5 Å². The molecule has 1 heterocycles. The minimum atomic E-state index is -0.216. The van der Waals surface area contributed by atoms with Gasteiger partial charge < -0.3 is 0 Å². The molecule has 1 aromatic heterocycles. The van der Waals surface area contributed by atoms with E-state index >= 15 is 0 Å². The molecule has 1 fully saturated rings. The van der Waals surface area contributed by atoms with Gasteiger partial charge in [0, 0.05) is 24.8 Å². The maximum Gasteiger partial charge on any atom is 0.124 e. The third-order valence-electron chi connectivity index (χ3n) is 3.97. The van der Waals surface area contributed by atoms with Crippen molar-refractivity contribution in [3.8, 4) is 6.07 Å². The molecule has 4 nitrogen and oxygen atoms in total. The number of nitriles is 1. The van der Waals surface area contributed by atoms with Crippen LogP contribution >= 0.6 is 0 Å². The van der Waals surface area contributed by atoms with Gasteiger partial charge in [-0.25, -0.2) is 0 Å².